The fourth-order valence-electron chi connectivity index (χ4n) is 3.65. The van der Waals surface area contributed by atoms with Crippen molar-refractivity contribution in [2.75, 3.05) is 36.5 Å². The number of carbonyl (C=O) groups excluding carboxylic acids is 1. The number of aromatic nitrogens is 2. The smallest absolute Gasteiger partial charge is 0.339 e. The van der Waals surface area contributed by atoms with Gasteiger partial charge in [0.25, 0.3) is 0 Å². The van der Waals surface area contributed by atoms with E-state index >= 15 is 0 Å². The number of nitrogens with one attached hydrogen (secondary N) is 2. The van der Waals surface area contributed by atoms with Gasteiger partial charge in [0.05, 0.1) is 38.6 Å². The van der Waals surface area contributed by atoms with Crippen LogP contribution in [0.4, 0.5) is 16.3 Å². The van der Waals surface area contributed by atoms with Crippen molar-refractivity contribution in [2.24, 2.45) is 5.10 Å². The van der Waals surface area contributed by atoms with Crippen molar-refractivity contribution in [3.8, 4) is 17.1 Å². The first-order chi connectivity index (χ1) is 17.5. The maximum Gasteiger partial charge on any atom is 0.339 e. The van der Waals surface area contributed by atoms with Gasteiger partial charge in [0.1, 0.15) is 5.75 Å². The number of carbonyl (C=O) groups is 1. The SMILES string of the molecule is O=C(N/N=C/c1cc(Br)c(O)c(Br)c1)Nc1ccc(-c2nc(N3CCOCC3)c3sccc3n2)cc1. The van der Waals surface area contributed by atoms with Crippen LogP contribution in [0.15, 0.2) is 61.9 Å². The molecule has 0 bridgehead atoms. The minimum Gasteiger partial charge on any atom is -0.506 e. The first kappa shape index (κ1) is 24.6. The highest BCUT2D eigenvalue weighted by molar-refractivity contribution is 9.11. The van der Waals surface area contributed by atoms with Crippen molar-refractivity contribution in [1.82, 2.24) is 15.4 Å². The molecule has 12 heteroatoms. The van der Waals surface area contributed by atoms with Gasteiger partial charge in [-0.25, -0.2) is 20.2 Å². The summed E-state index contributed by atoms with van der Waals surface area (Å²) in [5.74, 6) is 1.66. The summed E-state index contributed by atoms with van der Waals surface area (Å²) in [5.41, 5.74) is 5.49. The van der Waals surface area contributed by atoms with Gasteiger partial charge in [-0.2, -0.15) is 5.10 Å². The molecule has 2 aromatic carbocycles. The molecule has 0 unspecified atom stereocenters. The van der Waals surface area contributed by atoms with Gasteiger partial charge in [-0.3, -0.25) is 0 Å². The molecule has 184 valence electrons. The monoisotopic (exact) mass is 630 g/mol. The lowest BCUT2D eigenvalue weighted by molar-refractivity contribution is 0.122. The zero-order valence-electron chi connectivity index (χ0n) is 18.7. The first-order valence-corrected chi connectivity index (χ1v) is 13.4. The topological polar surface area (TPSA) is 112 Å². The second kappa shape index (κ2) is 10.9. The summed E-state index contributed by atoms with van der Waals surface area (Å²) >= 11 is 8.16. The third-order valence-corrected chi connectivity index (χ3v) is 7.52. The average molecular weight is 632 g/mol. The Balaban J connectivity index is 1.26. The number of hydrogen-bond donors (Lipinski definition) is 3. The minimum absolute atomic E-state index is 0.0965. The number of hydrogen-bond acceptors (Lipinski definition) is 8. The van der Waals surface area contributed by atoms with Crippen LogP contribution in [0, 0.1) is 0 Å². The van der Waals surface area contributed by atoms with E-state index in [1.165, 1.54) is 6.21 Å². The van der Waals surface area contributed by atoms with E-state index in [-0.39, 0.29) is 5.75 Å². The number of morpholine rings is 1. The van der Waals surface area contributed by atoms with E-state index in [9.17, 15) is 9.90 Å². The van der Waals surface area contributed by atoms with Crippen molar-refractivity contribution in [1.29, 1.82) is 0 Å². The standard InChI is InChI=1S/C24H20Br2N6O3S/c25-17-11-14(12-18(26)20(17)33)13-27-31-24(34)28-16-3-1-15(2-4-16)22-29-19-5-10-36-21(19)23(30-22)32-6-8-35-9-7-32/h1-5,10-13,33H,6-9H2,(H2,28,31,34)/b27-13+. The number of benzene rings is 2. The highest BCUT2D eigenvalue weighted by Gasteiger charge is 2.19. The maximum atomic E-state index is 12.2. The highest BCUT2D eigenvalue weighted by atomic mass is 79.9. The first-order valence-electron chi connectivity index (χ1n) is 10.9. The lowest BCUT2D eigenvalue weighted by Gasteiger charge is -2.28. The van der Waals surface area contributed by atoms with Crippen LogP contribution >= 0.6 is 43.2 Å². The summed E-state index contributed by atoms with van der Waals surface area (Å²) in [4.78, 5) is 24.1. The number of nitrogens with zero attached hydrogens (tertiary/aromatic N) is 4. The Morgan fingerprint density at radius 1 is 1.11 bits per heavy atom. The number of ether oxygens (including phenoxy) is 1. The quantitative estimate of drug-likeness (QED) is 0.196. The summed E-state index contributed by atoms with van der Waals surface area (Å²) in [5, 5.41) is 18.5. The second-order valence-corrected chi connectivity index (χ2v) is 10.5. The number of halogens is 2. The second-order valence-electron chi connectivity index (χ2n) is 7.84. The normalized spacial score (nSPS) is 13.9. The number of rotatable bonds is 5. The fraction of sp³-hybridized carbons (Fsp3) is 0.167. The number of urea groups is 1. The molecule has 3 heterocycles. The van der Waals surface area contributed by atoms with Crippen molar-refractivity contribution >= 4 is 77.2 Å². The Morgan fingerprint density at radius 3 is 2.56 bits per heavy atom. The Morgan fingerprint density at radius 2 is 1.83 bits per heavy atom. The van der Waals surface area contributed by atoms with Gasteiger partial charge in [0.15, 0.2) is 11.6 Å². The number of phenols is 1. The number of thiophene rings is 1. The van der Waals surface area contributed by atoms with Crippen LogP contribution in [0.1, 0.15) is 5.56 Å². The van der Waals surface area contributed by atoms with Gasteiger partial charge in [0, 0.05) is 24.3 Å². The number of fused-ring (bicyclic) bond motifs is 1. The van der Waals surface area contributed by atoms with E-state index in [1.54, 1.807) is 35.6 Å². The predicted octanol–water partition coefficient (Wildman–Crippen LogP) is 5.58. The molecule has 1 aliphatic heterocycles. The molecule has 0 aliphatic carbocycles. The minimum atomic E-state index is -0.485. The van der Waals surface area contributed by atoms with Crippen molar-refractivity contribution in [2.45, 2.75) is 0 Å². The van der Waals surface area contributed by atoms with E-state index in [0.717, 1.165) is 34.7 Å². The molecule has 0 saturated carbocycles. The number of hydrazone groups is 1. The molecular formula is C24H20Br2N6O3S. The Kier molecular flexibility index (Phi) is 7.46. The van der Waals surface area contributed by atoms with E-state index in [4.69, 9.17) is 14.7 Å². The van der Waals surface area contributed by atoms with E-state index in [1.807, 2.05) is 23.6 Å². The van der Waals surface area contributed by atoms with Crippen molar-refractivity contribution in [3.63, 3.8) is 0 Å². The van der Waals surface area contributed by atoms with Gasteiger partial charge < -0.3 is 20.1 Å². The van der Waals surface area contributed by atoms with Crippen LogP contribution in [0.5, 0.6) is 5.75 Å². The lowest BCUT2D eigenvalue weighted by Crippen LogP contribution is -2.36. The zero-order chi connectivity index (χ0) is 25.1. The van der Waals surface area contributed by atoms with Crippen LogP contribution in [0.3, 0.4) is 0 Å². The summed E-state index contributed by atoms with van der Waals surface area (Å²) in [6.07, 6.45) is 1.47. The molecule has 5 rings (SSSR count). The molecule has 2 aromatic heterocycles. The van der Waals surface area contributed by atoms with Crippen molar-refractivity contribution in [3.05, 3.63) is 62.4 Å². The molecule has 3 N–H and O–H groups in total. The number of phenolic OH excluding ortho intramolecular Hbond substituents is 1. The van der Waals surface area contributed by atoms with Crippen LogP contribution in [0.2, 0.25) is 0 Å². The van der Waals surface area contributed by atoms with Crippen LogP contribution in [-0.4, -0.2) is 53.6 Å². The highest BCUT2D eigenvalue weighted by Crippen LogP contribution is 2.33. The number of anilines is 2. The van der Waals surface area contributed by atoms with E-state index < -0.39 is 6.03 Å². The predicted molar refractivity (Wildman–Crippen MR) is 149 cm³/mol. The number of aromatic hydroxyl groups is 1. The van der Waals surface area contributed by atoms with Crippen LogP contribution in [-0.2, 0) is 4.74 Å². The molecular weight excluding hydrogens is 612 g/mol. The molecule has 36 heavy (non-hydrogen) atoms. The molecule has 1 aliphatic rings. The molecule has 2 amide bonds. The Hall–Kier alpha value is -3.06. The van der Waals surface area contributed by atoms with Crippen LogP contribution in [0.25, 0.3) is 21.6 Å². The summed E-state index contributed by atoms with van der Waals surface area (Å²) in [6.45, 7) is 2.96. The average Bonchev–Trinajstić information content (AvgIpc) is 3.36. The molecule has 0 radical (unpaired) electrons. The summed E-state index contributed by atoms with van der Waals surface area (Å²) in [6, 6.07) is 12.2. The third-order valence-electron chi connectivity index (χ3n) is 5.42. The molecule has 4 aromatic rings. The maximum absolute atomic E-state index is 12.2. The lowest BCUT2D eigenvalue weighted by atomic mass is 10.2. The van der Waals surface area contributed by atoms with Gasteiger partial charge in [-0.05, 0) is 85.3 Å². The van der Waals surface area contributed by atoms with Gasteiger partial charge in [0.2, 0.25) is 0 Å². The van der Waals surface area contributed by atoms with Gasteiger partial charge in [-0.15, -0.1) is 11.3 Å². The largest absolute Gasteiger partial charge is 0.506 e. The zero-order valence-corrected chi connectivity index (χ0v) is 22.7. The van der Waals surface area contributed by atoms with Crippen molar-refractivity contribution < 1.29 is 14.6 Å². The van der Waals surface area contributed by atoms with Gasteiger partial charge in [-0.1, -0.05) is 0 Å². The summed E-state index contributed by atoms with van der Waals surface area (Å²) < 4.78 is 7.60. The fourth-order valence-corrected chi connectivity index (χ4v) is 5.72. The number of amides is 2. The Bertz CT molecular complexity index is 1410. The molecule has 1 fully saturated rings. The Labute approximate surface area is 227 Å². The summed E-state index contributed by atoms with van der Waals surface area (Å²) in [7, 11) is 0. The molecule has 0 atom stereocenters. The molecule has 0 spiro atoms. The molecule has 9 nitrogen and oxygen atoms in total. The van der Waals surface area contributed by atoms with E-state index in [0.29, 0.717) is 39.2 Å². The van der Waals surface area contributed by atoms with Crippen LogP contribution < -0.4 is 15.6 Å². The molecule has 1 saturated heterocycles. The third kappa shape index (κ3) is 5.51. The van der Waals surface area contributed by atoms with Gasteiger partial charge >= 0.3 is 6.03 Å². The van der Waals surface area contributed by atoms with E-state index in [2.05, 4.69) is 52.6 Å².